The zero-order chi connectivity index (χ0) is 20.2. The number of carbonyl (C=O) groups excluding carboxylic acids is 4. The Bertz CT molecular complexity index is 546. The van der Waals surface area contributed by atoms with E-state index in [0.29, 0.717) is 32.5 Å². The van der Waals surface area contributed by atoms with Crippen molar-refractivity contribution in [2.75, 3.05) is 39.4 Å². The maximum Gasteiger partial charge on any atom is 0.328 e. The van der Waals surface area contributed by atoms with Crippen molar-refractivity contribution in [2.24, 2.45) is 0 Å². The highest BCUT2D eigenvalue weighted by Crippen LogP contribution is 2.03. The number of morpholine rings is 1. The van der Waals surface area contributed by atoms with Crippen molar-refractivity contribution in [3.8, 4) is 0 Å². The second kappa shape index (κ2) is 12.1. The van der Waals surface area contributed by atoms with Gasteiger partial charge in [-0.25, -0.2) is 4.79 Å². The van der Waals surface area contributed by atoms with Gasteiger partial charge < -0.3 is 25.5 Å². The minimum absolute atomic E-state index is 0.0211. The van der Waals surface area contributed by atoms with E-state index in [1.165, 1.54) is 0 Å². The second-order valence-electron chi connectivity index (χ2n) is 6.42. The average Bonchev–Trinajstić information content (AvgIpc) is 2.63. The van der Waals surface area contributed by atoms with Gasteiger partial charge in [0, 0.05) is 19.5 Å². The zero-order valence-corrected chi connectivity index (χ0v) is 15.8. The molecule has 10 nitrogen and oxygen atoms in total. The summed E-state index contributed by atoms with van der Waals surface area (Å²) in [6, 6.07) is -1.01. The lowest BCUT2D eigenvalue weighted by Crippen LogP contribution is -2.48. The first-order valence-electron chi connectivity index (χ1n) is 8.91. The molecule has 0 spiro atoms. The average molecular weight is 384 g/mol. The molecule has 27 heavy (non-hydrogen) atoms. The summed E-state index contributed by atoms with van der Waals surface area (Å²) in [5.41, 5.74) is 0. The van der Waals surface area contributed by atoms with Crippen LogP contribution in [0.2, 0.25) is 0 Å². The molecule has 1 aliphatic heterocycles. The molecule has 1 aliphatic rings. The van der Waals surface area contributed by atoms with Crippen LogP contribution in [0.4, 0.5) is 0 Å². The number of carbonyl (C=O) groups is 4. The van der Waals surface area contributed by atoms with Gasteiger partial charge >= 0.3 is 5.97 Å². The summed E-state index contributed by atoms with van der Waals surface area (Å²) in [6.07, 6.45) is 0.250. The van der Waals surface area contributed by atoms with Crippen LogP contribution >= 0.6 is 0 Å². The SMILES string of the molecule is CC(C)OC(=O)C(CCC(=O)C=N)NC(=O)CNC(=O)CN1CCOCC1. The van der Waals surface area contributed by atoms with E-state index in [0.717, 1.165) is 0 Å². The van der Waals surface area contributed by atoms with E-state index in [1.807, 2.05) is 4.90 Å². The topological polar surface area (TPSA) is 138 Å². The van der Waals surface area contributed by atoms with Crippen molar-refractivity contribution in [2.45, 2.75) is 38.8 Å². The summed E-state index contributed by atoms with van der Waals surface area (Å²) in [4.78, 5) is 49.2. The molecule has 1 unspecified atom stereocenters. The molecule has 1 saturated heterocycles. The van der Waals surface area contributed by atoms with Gasteiger partial charge in [0.15, 0.2) is 5.78 Å². The third-order valence-corrected chi connectivity index (χ3v) is 3.73. The van der Waals surface area contributed by atoms with Crippen LogP contribution in [-0.4, -0.2) is 86.2 Å². The number of ketones is 1. The van der Waals surface area contributed by atoms with Gasteiger partial charge in [0.05, 0.1) is 38.6 Å². The fraction of sp³-hybridized carbons (Fsp3) is 0.706. The Labute approximate surface area is 158 Å². The molecule has 0 aromatic heterocycles. The van der Waals surface area contributed by atoms with Crippen molar-refractivity contribution in [1.82, 2.24) is 15.5 Å². The van der Waals surface area contributed by atoms with Crippen molar-refractivity contribution in [1.29, 1.82) is 5.41 Å². The Morgan fingerprint density at radius 1 is 1.19 bits per heavy atom. The van der Waals surface area contributed by atoms with Crippen LogP contribution in [0.3, 0.4) is 0 Å². The summed E-state index contributed by atoms with van der Waals surface area (Å²) in [7, 11) is 0. The zero-order valence-electron chi connectivity index (χ0n) is 15.8. The van der Waals surface area contributed by atoms with Crippen molar-refractivity contribution in [3.63, 3.8) is 0 Å². The molecule has 2 amide bonds. The predicted molar refractivity (Wildman–Crippen MR) is 96.5 cm³/mol. The number of amides is 2. The maximum atomic E-state index is 12.1. The lowest BCUT2D eigenvalue weighted by atomic mass is 10.1. The van der Waals surface area contributed by atoms with Crippen molar-refractivity contribution in [3.05, 3.63) is 0 Å². The summed E-state index contributed by atoms with van der Waals surface area (Å²) >= 11 is 0. The highest BCUT2D eigenvalue weighted by Gasteiger charge is 2.24. The van der Waals surface area contributed by atoms with Gasteiger partial charge in [-0.05, 0) is 20.3 Å². The first-order chi connectivity index (χ1) is 12.8. The predicted octanol–water partition coefficient (Wildman–Crippen LogP) is -1.13. The van der Waals surface area contributed by atoms with E-state index in [4.69, 9.17) is 14.9 Å². The van der Waals surface area contributed by atoms with Crippen LogP contribution in [0.1, 0.15) is 26.7 Å². The Balaban J connectivity index is 2.45. The van der Waals surface area contributed by atoms with E-state index in [2.05, 4.69) is 10.6 Å². The molecule has 1 fully saturated rings. The van der Waals surface area contributed by atoms with Gasteiger partial charge in [0.1, 0.15) is 6.04 Å². The van der Waals surface area contributed by atoms with Crippen LogP contribution in [0.5, 0.6) is 0 Å². The fourth-order valence-electron chi connectivity index (χ4n) is 2.36. The number of Topliss-reactive ketones (excluding diaryl/α,β-unsaturated/α-hetero) is 1. The molecule has 1 atom stereocenters. The molecule has 0 radical (unpaired) electrons. The minimum atomic E-state index is -1.01. The van der Waals surface area contributed by atoms with E-state index in [9.17, 15) is 19.2 Å². The number of hydrogen-bond acceptors (Lipinski definition) is 8. The number of hydrogen-bond donors (Lipinski definition) is 3. The molecule has 152 valence electrons. The third kappa shape index (κ3) is 9.80. The number of nitrogens with zero attached hydrogens (tertiary/aromatic N) is 1. The van der Waals surface area contributed by atoms with Gasteiger partial charge in [-0.15, -0.1) is 0 Å². The molecule has 1 heterocycles. The molecular weight excluding hydrogens is 356 g/mol. The highest BCUT2D eigenvalue weighted by atomic mass is 16.5. The van der Waals surface area contributed by atoms with Gasteiger partial charge in [-0.1, -0.05) is 0 Å². The molecule has 1 rings (SSSR count). The molecule has 0 bridgehead atoms. The quantitative estimate of drug-likeness (QED) is 0.303. The lowest BCUT2D eigenvalue weighted by Gasteiger charge is -2.25. The van der Waals surface area contributed by atoms with Crippen LogP contribution in [-0.2, 0) is 28.7 Å². The van der Waals surface area contributed by atoms with Crippen LogP contribution in [0.25, 0.3) is 0 Å². The molecule has 3 N–H and O–H groups in total. The molecule has 10 heteroatoms. The molecular formula is C17H28N4O6. The molecule has 0 aliphatic carbocycles. The first kappa shape index (κ1) is 22.7. The molecule has 0 aromatic rings. The van der Waals surface area contributed by atoms with Crippen LogP contribution in [0, 0.1) is 5.41 Å². The normalized spacial score (nSPS) is 15.7. The highest BCUT2D eigenvalue weighted by molar-refractivity contribution is 6.26. The van der Waals surface area contributed by atoms with Crippen LogP contribution < -0.4 is 10.6 Å². The summed E-state index contributed by atoms with van der Waals surface area (Å²) < 4.78 is 10.3. The van der Waals surface area contributed by atoms with Gasteiger partial charge in [-0.3, -0.25) is 19.3 Å². The van der Waals surface area contributed by atoms with E-state index < -0.39 is 23.7 Å². The Hall–Kier alpha value is -2.33. The lowest BCUT2D eigenvalue weighted by molar-refractivity contribution is -0.151. The summed E-state index contributed by atoms with van der Waals surface area (Å²) in [5.74, 6) is -1.97. The van der Waals surface area contributed by atoms with Crippen molar-refractivity contribution < 1.29 is 28.7 Å². The van der Waals surface area contributed by atoms with Crippen LogP contribution in [0.15, 0.2) is 0 Å². The van der Waals surface area contributed by atoms with Gasteiger partial charge in [-0.2, -0.15) is 0 Å². The monoisotopic (exact) mass is 384 g/mol. The third-order valence-electron chi connectivity index (χ3n) is 3.73. The van der Waals surface area contributed by atoms with E-state index in [1.54, 1.807) is 13.8 Å². The standard InChI is InChI=1S/C17H28N4O6/c1-12(2)27-17(25)14(4-3-13(22)9-18)20-15(23)10-19-16(24)11-21-5-7-26-8-6-21/h9,12,14,18H,3-8,10-11H2,1-2H3,(H,19,24)(H,20,23). The molecule has 0 saturated carbocycles. The summed E-state index contributed by atoms with van der Waals surface area (Å²) in [6.45, 7) is 5.69. The maximum absolute atomic E-state index is 12.1. The van der Waals surface area contributed by atoms with E-state index in [-0.39, 0.29) is 37.9 Å². The Morgan fingerprint density at radius 3 is 2.44 bits per heavy atom. The Kier molecular flexibility index (Phi) is 10.2. The second-order valence-corrected chi connectivity index (χ2v) is 6.42. The number of rotatable bonds is 11. The Morgan fingerprint density at radius 2 is 1.85 bits per heavy atom. The van der Waals surface area contributed by atoms with Gasteiger partial charge in [0.2, 0.25) is 11.8 Å². The van der Waals surface area contributed by atoms with Crippen molar-refractivity contribution >= 4 is 29.8 Å². The van der Waals surface area contributed by atoms with Gasteiger partial charge in [0.25, 0.3) is 0 Å². The first-order valence-corrected chi connectivity index (χ1v) is 8.91. The number of esters is 1. The van der Waals surface area contributed by atoms with E-state index >= 15 is 0 Å². The summed E-state index contributed by atoms with van der Waals surface area (Å²) in [5, 5.41) is 11.9. The number of nitrogens with one attached hydrogen (secondary N) is 3. The number of ether oxygens (including phenoxy) is 2. The largest absolute Gasteiger partial charge is 0.461 e. The minimum Gasteiger partial charge on any atom is -0.461 e. The fourth-order valence-corrected chi connectivity index (χ4v) is 2.36. The smallest absolute Gasteiger partial charge is 0.328 e. The molecule has 0 aromatic carbocycles.